The summed E-state index contributed by atoms with van der Waals surface area (Å²) in [7, 11) is -3.42. The van der Waals surface area contributed by atoms with E-state index < -0.39 is 10.0 Å². The van der Waals surface area contributed by atoms with Crippen molar-refractivity contribution in [1.29, 1.82) is 0 Å². The fraction of sp³-hybridized carbons (Fsp3) is 0.900. The first-order valence-electron chi connectivity index (χ1n) is 5.92. The number of carbonyl (C=O) groups excluding carboxylic acids is 1. The Morgan fingerprint density at radius 1 is 1.53 bits per heavy atom. The number of primary sulfonamides is 1. The van der Waals surface area contributed by atoms with Crippen molar-refractivity contribution < 1.29 is 13.2 Å². The molecule has 0 aromatic carbocycles. The first-order chi connectivity index (χ1) is 7.90. The lowest BCUT2D eigenvalue weighted by Crippen LogP contribution is -2.47. The van der Waals surface area contributed by atoms with Crippen molar-refractivity contribution in [1.82, 2.24) is 10.6 Å². The molecule has 1 saturated heterocycles. The van der Waals surface area contributed by atoms with Crippen LogP contribution in [-0.2, 0) is 14.8 Å². The smallest absolute Gasteiger partial charge is 0.224 e. The van der Waals surface area contributed by atoms with E-state index in [1.54, 1.807) is 0 Å². The topological polar surface area (TPSA) is 101 Å². The summed E-state index contributed by atoms with van der Waals surface area (Å²) in [6.07, 6.45) is 2.24. The van der Waals surface area contributed by atoms with Gasteiger partial charge in [-0.1, -0.05) is 0 Å². The van der Waals surface area contributed by atoms with Crippen LogP contribution in [0.15, 0.2) is 0 Å². The van der Waals surface area contributed by atoms with E-state index in [2.05, 4.69) is 10.6 Å². The number of sulfonamides is 1. The molecule has 100 valence electrons. The molecule has 0 saturated carbocycles. The summed E-state index contributed by atoms with van der Waals surface area (Å²) in [5.41, 5.74) is 0. The highest BCUT2D eigenvalue weighted by Gasteiger charge is 2.26. The molecule has 1 amide bonds. The zero-order chi connectivity index (χ0) is 12.9. The Balaban J connectivity index is 2.24. The number of hydrogen-bond donors (Lipinski definition) is 3. The fourth-order valence-corrected chi connectivity index (χ4v) is 2.56. The van der Waals surface area contributed by atoms with Gasteiger partial charge in [0.25, 0.3) is 0 Å². The van der Waals surface area contributed by atoms with Crippen LogP contribution in [0.4, 0.5) is 0 Å². The number of nitrogens with two attached hydrogens (primary N) is 1. The quantitative estimate of drug-likeness (QED) is 0.563. The largest absolute Gasteiger partial charge is 0.356 e. The van der Waals surface area contributed by atoms with Gasteiger partial charge in [0.2, 0.25) is 15.9 Å². The molecule has 2 unspecified atom stereocenters. The molecule has 1 rings (SSSR count). The number of piperidine rings is 1. The van der Waals surface area contributed by atoms with Crippen LogP contribution >= 0.6 is 0 Å². The van der Waals surface area contributed by atoms with Crippen molar-refractivity contribution in [3.63, 3.8) is 0 Å². The number of hydrogen-bond acceptors (Lipinski definition) is 4. The first-order valence-corrected chi connectivity index (χ1v) is 7.63. The van der Waals surface area contributed by atoms with Gasteiger partial charge in [0.05, 0.1) is 11.7 Å². The summed E-state index contributed by atoms with van der Waals surface area (Å²) < 4.78 is 21.4. The maximum absolute atomic E-state index is 11.8. The molecular weight excluding hydrogens is 242 g/mol. The van der Waals surface area contributed by atoms with Crippen LogP contribution in [0.3, 0.4) is 0 Å². The Bertz CT molecular complexity index is 356. The van der Waals surface area contributed by atoms with Crippen LogP contribution in [0.1, 0.15) is 26.2 Å². The van der Waals surface area contributed by atoms with E-state index in [-0.39, 0.29) is 23.6 Å². The number of rotatable bonds is 5. The number of carbonyl (C=O) groups is 1. The molecule has 0 aromatic rings. The van der Waals surface area contributed by atoms with Crippen molar-refractivity contribution in [3.05, 3.63) is 0 Å². The zero-order valence-corrected chi connectivity index (χ0v) is 10.9. The standard InChI is InChI=1S/C10H21N3O3S/c1-8-9(4-2-5-12-8)10(14)13-6-3-7-17(11,15)16/h8-9,12H,2-7H2,1H3,(H,13,14)(H2,11,15,16). The molecule has 0 radical (unpaired) electrons. The van der Waals surface area contributed by atoms with E-state index >= 15 is 0 Å². The molecule has 4 N–H and O–H groups in total. The van der Waals surface area contributed by atoms with Gasteiger partial charge in [-0.25, -0.2) is 13.6 Å². The number of nitrogens with one attached hydrogen (secondary N) is 2. The van der Waals surface area contributed by atoms with Gasteiger partial charge in [-0.2, -0.15) is 0 Å². The number of amides is 1. The van der Waals surface area contributed by atoms with Gasteiger partial charge in [0.15, 0.2) is 0 Å². The summed E-state index contributed by atoms with van der Waals surface area (Å²) in [6, 6.07) is 0.182. The van der Waals surface area contributed by atoms with Crippen molar-refractivity contribution in [2.24, 2.45) is 11.1 Å². The van der Waals surface area contributed by atoms with E-state index in [1.807, 2.05) is 6.92 Å². The molecule has 0 spiro atoms. The highest BCUT2D eigenvalue weighted by molar-refractivity contribution is 7.89. The SMILES string of the molecule is CC1NCCCC1C(=O)NCCCS(N)(=O)=O. The van der Waals surface area contributed by atoms with Gasteiger partial charge in [0, 0.05) is 12.6 Å². The molecule has 7 heteroatoms. The van der Waals surface area contributed by atoms with Crippen molar-refractivity contribution in [2.45, 2.75) is 32.2 Å². The van der Waals surface area contributed by atoms with Crippen LogP contribution in [0, 0.1) is 5.92 Å². The molecule has 1 aliphatic heterocycles. The highest BCUT2D eigenvalue weighted by Crippen LogP contribution is 2.15. The monoisotopic (exact) mass is 263 g/mol. The first kappa shape index (κ1) is 14.4. The maximum Gasteiger partial charge on any atom is 0.224 e. The van der Waals surface area contributed by atoms with E-state index in [0.717, 1.165) is 19.4 Å². The fourth-order valence-electron chi connectivity index (χ4n) is 2.02. The molecule has 17 heavy (non-hydrogen) atoms. The minimum absolute atomic E-state index is 0.000815. The molecular formula is C10H21N3O3S. The summed E-state index contributed by atoms with van der Waals surface area (Å²) in [5, 5.41) is 10.9. The third kappa shape index (κ3) is 5.47. The van der Waals surface area contributed by atoms with Crippen LogP contribution < -0.4 is 15.8 Å². The Morgan fingerprint density at radius 2 is 2.24 bits per heavy atom. The summed E-state index contributed by atoms with van der Waals surface area (Å²) in [4.78, 5) is 11.8. The van der Waals surface area contributed by atoms with Crippen LogP contribution in [0.5, 0.6) is 0 Å². The molecule has 2 atom stereocenters. The third-order valence-corrected chi connectivity index (χ3v) is 3.86. The highest BCUT2D eigenvalue weighted by atomic mass is 32.2. The minimum atomic E-state index is -3.42. The predicted molar refractivity (Wildman–Crippen MR) is 65.8 cm³/mol. The molecule has 0 aromatic heterocycles. The lowest BCUT2D eigenvalue weighted by molar-refractivity contribution is -0.126. The molecule has 0 aliphatic carbocycles. The maximum atomic E-state index is 11.8. The summed E-state index contributed by atoms with van der Waals surface area (Å²) >= 11 is 0. The zero-order valence-electron chi connectivity index (χ0n) is 10.1. The third-order valence-electron chi connectivity index (χ3n) is 3.00. The van der Waals surface area contributed by atoms with Gasteiger partial charge < -0.3 is 10.6 Å². The predicted octanol–water partition coefficient (Wildman–Crippen LogP) is -0.831. The molecule has 1 fully saturated rings. The van der Waals surface area contributed by atoms with Crippen molar-refractivity contribution in [3.8, 4) is 0 Å². The van der Waals surface area contributed by atoms with Crippen molar-refractivity contribution in [2.75, 3.05) is 18.8 Å². The van der Waals surface area contributed by atoms with E-state index in [4.69, 9.17) is 5.14 Å². The Labute approximate surface area is 102 Å². The molecule has 1 aliphatic rings. The van der Waals surface area contributed by atoms with E-state index in [1.165, 1.54) is 0 Å². The van der Waals surface area contributed by atoms with Gasteiger partial charge >= 0.3 is 0 Å². The van der Waals surface area contributed by atoms with Crippen LogP contribution in [0.2, 0.25) is 0 Å². The molecule has 6 nitrogen and oxygen atoms in total. The molecule has 1 heterocycles. The average molecular weight is 263 g/mol. The Kier molecular flexibility index (Phi) is 5.35. The minimum Gasteiger partial charge on any atom is -0.356 e. The summed E-state index contributed by atoms with van der Waals surface area (Å²) in [6.45, 7) is 3.31. The lowest BCUT2D eigenvalue weighted by atomic mass is 9.91. The summed E-state index contributed by atoms with van der Waals surface area (Å²) in [5.74, 6) is -0.108. The second-order valence-corrected chi connectivity index (χ2v) is 6.24. The molecule has 0 bridgehead atoms. The van der Waals surface area contributed by atoms with Crippen LogP contribution in [0.25, 0.3) is 0 Å². The Hall–Kier alpha value is -0.660. The second kappa shape index (κ2) is 6.32. The second-order valence-electron chi connectivity index (χ2n) is 4.50. The van der Waals surface area contributed by atoms with Crippen molar-refractivity contribution >= 4 is 15.9 Å². The van der Waals surface area contributed by atoms with Gasteiger partial charge in [-0.15, -0.1) is 0 Å². The van der Waals surface area contributed by atoms with E-state index in [0.29, 0.717) is 13.0 Å². The van der Waals surface area contributed by atoms with Gasteiger partial charge in [-0.05, 0) is 32.7 Å². The van der Waals surface area contributed by atoms with Gasteiger partial charge in [0.1, 0.15) is 0 Å². The Morgan fingerprint density at radius 3 is 2.82 bits per heavy atom. The lowest BCUT2D eigenvalue weighted by Gasteiger charge is -2.28. The van der Waals surface area contributed by atoms with Crippen LogP contribution in [-0.4, -0.2) is 39.2 Å². The normalized spacial score (nSPS) is 25.5. The van der Waals surface area contributed by atoms with Gasteiger partial charge in [-0.3, -0.25) is 4.79 Å². The average Bonchev–Trinajstić information content (AvgIpc) is 2.23. The van der Waals surface area contributed by atoms with E-state index in [9.17, 15) is 13.2 Å².